The van der Waals surface area contributed by atoms with Crippen molar-refractivity contribution >= 4 is 39.0 Å². The minimum Gasteiger partial charge on any atom is -0.462 e. The zero-order chi connectivity index (χ0) is 54.0. The second-order valence-electron chi connectivity index (χ2n) is 25.7. The number of aromatic nitrogens is 4. The van der Waals surface area contributed by atoms with Crippen LogP contribution in [-0.4, -0.2) is 122 Å². The summed E-state index contributed by atoms with van der Waals surface area (Å²) >= 11 is 2.52. The number of likely N-dealkylation sites (tertiary alicyclic amines) is 2. The first-order valence-corrected chi connectivity index (χ1v) is 37.3. The molecule has 2 aromatic heterocycles. The quantitative estimate of drug-likeness (QED) is 0.0673. The molecule has 4 saturated heterocycles. The number of fused-ring (bicyclic) bond motifs is 4. The second kappa shape index (κ2) is 24.6. The van der Waals surface area contributed by atoms with Crippen molar-refractivity contribution in [2.75, 3.05) is 62.3 Å². The number of hydrogen-bond acceptors (Lipinski definition) is 14. The lowest BCUT2D eigenvalue weighted by molar-refractivity contribution is 0.158. The van der Waals surface area contributed by atoms with Crippen molar-refractivity contribution in [2.45, 2.75) is 198 Å². The summed E-state index contributed by atoms with van der Waals surface area (Å²) in [6.45, 7) is 18.0. The number of benzene rings is 2. The van der Waals surface area contributed by atoms with Crippen molar-refractivity contribution < 1.29 is 9.47 Å². The van der Waals surface area contributed by atoms with E-state index in [4.69, 9.17) is 29.4 Å². The van der Waals surface area contributed by atoms with Gasteiger partial charge in [0.15, 0.2) is 0 Å². The molecule has 6 fully saturated rings. The first-order chi connectivity index (χ1) is 38.5. The topological polar surface area (TPSA) is 137 Å². The fraction of sp³-hybridized carbons (Fsp3) is 0.651. The number of hydrogen-bond donors (Lipinski definition) is 0. The summed E-state index contributed by atoms with van der Waals surface area (Å²) in [7, 11) is 0. The molecule has 10 aliphatic rings. The average molecular weight is 1200 g/mol. The molecule has 79 heavy (non-hydrogen) atoms. The summed E-state index contributed by atoms with van der Waals surface area (Å²) in [4.78, 5) is 35.6. The van der Waals surface area contributed by atoms with Crippen LogP contribution in [0.2, 0.25) is 19.6 Å². The normalized spacial score (nSPS) is 26.8. The van der Waals surface area contributed by atoms with Crippen LogP contribution >= 0.6 is 21.8 Å². The van der Waals surface area contributed by atoms with Crippen LogP contribution in [0.5, 0.6) is 12.0 Å². The third-order valence-corrected chi connectivity index (χ3v) is 18.7. The Morgan fingerprint density at radius 3 is 1.38 bits per heavy atom. The standard InChI is InChI=1S/2C30H38N6O.C3H9ISi/c2*31-14-13-21-5-3-15-34(17-21)29-26-18-35(28-12-9-22-6-1-2-8-25(22)28)19-27(26)32-30(33-29)37-20-24-7-4-16-36(24)23-10-11-23;1-5(2,3)4/h2*1-2,6,8,21,23-24,28H,3-5,7,9-13,15-20H2;1-3H3/t2*21-,24-,28?;/m00./s1. The van der Waals surface area contributed by atoms with E-state index in [2.05, 4.69) is 132 Å². The third kappa shape index (κ3) is 13.1. The van der Waals surface area contributed by atoms with Crippen LogP contribution in [0, 0.1) is 34.5 Å². The zero-order valence-corrected chi connectivity index (χ0v) is 50.7. The van der Waals surface area contributed by atoms with Gasteiger partial charge >= 0.3 is 12.0 Å². The van der Waals surface area contributed by atoms with Crippen LogP contribution in [0.25, 0.3) is 0 Å². The molecule has 14 nitrogen and oxygen atoms in total. The summed E-state index contributed by atoms with van der Waals surface area (Å²) in [6.07, 6.45) is 20.7. The minimum atomic E-state index is -0.641. The van der Waals surface area contributed by atoms with Crippen molar-refractivity contribution in [3.8, 4) is 24.2 Å². The Balaban J connectivity index is 0.000000146. The van der Waals surface area contributed by atoms with E-state index in [1.54, 1.807) is 0 Å². The number of rotatable bonds is 14. The Morgan fingerprint density at radius 1 is 0.544 bits per heavy atom. The van der Waals surface area contributed by atoms with E-state index in [1.807, 2.05) is 0 Å². The highest BCUT2D eigenvalue weighted by Gasteiger charge is 2.41. The highest BCUT2D eigenvalue weighted by molar-refractivity contribution is 14.1. The van der Waals surface area contributed by atoms with Gasteiger partial charge in [0.1, 0.15) is 30.4 Å². The Kier molecular flexibility index (Phi) is 17.1. The minimum absolute atomic E-state index is 0.415. The molecule has 420 valence electrons. The van der Waals surface area contributed by atoms with Gasteiger partial charge in [-0.2, -0.15) is 30.5 Å². The lowest BCUT2D eigenvalue weighted by Crippen LogP contribution is -2.37. The lowest BCUT2D eigenvalue weighted by atomic mass is 9.95. The maximum Gasteiger partial charge on any atom is 0.318 e. The van der Waals surface area contributed by atoms with E-state index >= 15 is 0 Å². The van der Waals surface area contributed by atoms with Gasteiger partial charge in [-0.1, -0.05) is 68.2 Å². The van der Waals surface area contributed by atoms with Gasteiger partial charge in [-0.25, -0.2) is 0 Å². The lowest BCUT2D eigenvalue weighted by Gasteiger charge is -2.34. The van der Waals surface area contributed by atoms with Gasteiger partial charge in [0, 0.05) is 113 Å². The maximum absolute atomic E-state index is 9.32. The monoisotopic (exact) mass is 1200 g/mol. The highest BCUT2D eigenvalue weighted by Crippen LogP contribution is 2.45. The summed E-state index contributed by atoms with van der Waals surface area (Å²) in [5.41, 5.74) is 10.1. The molecule has 0 bridgehead atoms. The van der Waals surface area contributed by atoms with Crippen LogP contribution in [0.3, 0.4) is 0 Å². The first kappa shape index (κ1) is 55.1. The SMILES string of the molecule is C[Si](C)(C)I.N#CC[C@@H]1CCCN(c2nc(OC[C@@H]3CCCN3C3CC3)nc3c2CN(C2CCc4ccccc42)C3)C1.N#CC[C@@H]1CCCN(c2nc(OC[C@@H]3CCCN3C3CC3)nc3c2CN(C2CCc4ccccc42)C3)C1. The Morgan fingerprint density at radius 2 is 0.962 bits per heavy atom. The first-order valence-electron chi connectivity index (χ1n) is 30.7. The van der Waals surface area contributed by atoms with Gasteiger partial charge in [-0.05, 0) is 150 Å². The van der Waals surface area contributed by atoms with Crippen LogP contribution in [-0.2, 0) is 39.0 Å². The molecule has 2 aromatic carbocycles. The summed E-state index contributed by atoms with van der Waals surface area (Å²) < 4.78 is 12.8. The van der Waals surface area contributed by atoms with E-state index in [0.29, 0.717) is 74.1 Å². The number of aryl methyl sites for hydroxylation is 2. The van der Waals surface area contributed by atoms with Crippen LogP contribution in [0.4, 0.5) is 11.6 Å². The van der Waals surface area contributed by atoms with Crippen LogP contribution in [0.15, 0.2) is 48.5 Å². The highest BCUT2D eigenvalue weighted by atomic mass is 127. The smallest absolute Gasteiger partial charge is 0.318 e. The van der Waals surface area contributed by atoms with E-state index in [-0.39, 0.29) is 0 Å². The summed E-state index contributed by atoms with van der Waals surface area (Å²) in [5, 5.41) is 18.6. The van der Waals surface area contributed by atoms with E-state index in [1.165, 1.54) is 111 Å². The molecule has 0 spiro atoms. The number of nitriles is 2. The molecule has 0 amide bonds. The van der Waals surface area contributed by atoms with E-state index in [9.17, 15) is 10.5 Å². The van der Waals surface area contributed by atoms with Crippen molar-refractivity contribution in [3.63, 3.8) is 0 Å². The number of halogens is 1. The predicted molar refractivity (Wildman–Crippen MR) is 322 cm³/mol. The molecule has 4 aromatic rings. The number of ether oxygens (including phenoxy) is 2. The van der Waals surface area contributed by atoms with Gasteiger partial charge in [0.05, 0.1) is 23.5 Å². The average Bonchev–Trinajstić information content (AvgIpc) is 3.98. The molecule has 2 saturated carbocycles. The van der Waals surface area contributed by atoms with Crippen molar-refractivity contribution in [3.05, 3.63) is 93.3 Å². The molecule has 0 radical (unpaired) electrons. The molecule has 14 rings (SSSR count). The Labute approximate surface area is 484 Å². The Bertz CT molecular complexity index is 2670. The largest absolute Gasteiger partial charge is 0.462 e. The number of nitrogens with zero attached hydrogens (tertiary/aromatic N) is 12. The fourth-order valence-electron chi connectivity index (χ4n) is 14.7. The molecule has 8 heterocycles. The molecule has 4 aliphatic carbocycles. The molecule has 16 heteroatoms. The van der Waals surface area contributed by atoms with E-state index in [0.717, 1.165) is 126 Å². The third-order valence-electron chi connectivity index (χ3n) is 18.7. The van der Waals surface area contributed by atoms with Crippen molar-refractivity contribution in [2.24, 2.45) is 11.8 Å². The fourth-order valence-corrected chi connectivity index (χ4v) is 14.7. The second-order valence-corrected chi connectivity index (χ2v) is 39.5. The van der Waals surface area contributed by atoms with Crippen molar-refractivity contribution in [1.82, 2.24) is 39.5 Å². The molecule has 2 unspecified atom stereocenters. The molecule has 0 N–H and O–H groups in total. The van der Waals surface area contributed by atoms with Gasteiger partial charge in [0.25, 0.3) is 0 Å². The van der Waals surface area contributed by atoms with Gasteiger partial charge in [-0.15, -0.1) is 21.8 Å². The van der Waals surface area contributed by atoms with Gasteiger partial charge < -0.3 is 19.3 Å². The van der Waals surface area contributed by atoms with Crippen LogP contribution < -0.4 is 19.3 Å². The molecular weight excluding hydrogens is 1110 g/mol. The zero-order valence-electron chi connectivity index (χ0n) is 47.5. The van der Waals surface area contributed by atoms with Crippen molar-refractivity contribution in [1.29, 1.82) is 10.5 Å². The predicted octanol–water partition coefficient (Wildman–Crippen LogP) is 11.5. The number of anilines is 2. The molecule has 6 atom stereocenters. The Hall–Kier alpha value is -4.43. The summed E-state index contributed by atoms with van der Waals surface area (Å²) in [6, 6.07) is 27.2. The van der Waals surface area contributed by atoms with Gasteiger partial charge in [-0.3, -0.25) is 19.6 Å². The maximum atomic E-state index is 9.32. The number of piperidine rings is 2. The summed E-state index contributed by atoms with van der Waals surface area (Å²) in [5.74, 6) is 2.95. The molecular formula is C63H85IN12O2Si. The van der Waals surface area contributed by atoms with E-state index < -0.39 is 5.57 Å². The van der Waals surface area contributed by atoms with Crippen LogP contribution in [0.1, 0.15) is 160 Å². The molecule has 6 aliphatic heterocycles. The van der Waals surface area contributed by atoms with Gasteiger partial charge in [0.2, 0.25) is 0 Å².